The number of Topliss-reactive ketones (excluding diaryl/α,β-unsaturated/α-hetero) is 3. The average Bonchev–Trinajstić information content (AvgIpc) is 3.64. The molecule has 338 valence electrons. The number of amides is 3. The molecule has 0 aliphatic rings. The topological polar surface area (TPSA) is 306 Å². The van der Waals surface area contributed by atoms with Crippen molar-refractivity contribution in [1.82, 2.24) is 20.9 Å². The van der Waals surface area contributed by atoms with Gasteiger partial charge in [-0.1, -0.05) is 50.1 Å². The Labute approximate surface area is 367 Å². The van der Waals surface area contributed by atoms with Crippen molar-refractivity contribution in [3.63, 3.8) is 0 Å². The number of aliphatic imine (C=N–C) groups is 2. The molecule has 0 saturated carbocycles. The van der Waals surface area contributed by atoms with Crippen LogP contribution in [-0.2, 0) is 25.7 Å². The third kappa shape index (κ3) is 17.7. The third-order valence-corrected chi connectivity index (χ3v) is 11.1. The zero-order valence-electron chi connectivity index (χ0n) is 36.4. The molecule has 0 radical (unpaired) electrons. The number of benzene rings is 2. The Morgan fingerprint density at radius 2 is 1.42 bits per heavy atom. The molecule has 0 bridgehead atoms. The summed E-state index contributed by atoms with van der Waals surface area (Å²) in [6, 6.07) is 10.8. The second-order valence-corrected chi connectivity index (χ2v) is 17.2. The van der Waals surface area contributed by atoms with E-state index in [0.717, 1.165) is 22.5 Å². The van der Waals surface area contributed by atoms with Crippen LogP contribution in [0.25, 0.3) is 10.2 Å². The number of hydrogen-bond donors (Lipinski definition) is 8. The highest BCUT2D eigenvalue weighted by Crippen LogP contribution is 2.26. The number of carbonyl (C=O) groups is 6. The number of thiazole rings is 1. The van der Waals surface area contributed by atoms with E-state index in [-0.39, 0.29) is 79.1 Å². The molecule has 0 spiro atoms. The maximum Gasteiger partial charge on any atom is 0.251 e. The van der Waals surface area contributed by atoms with Gasteiger partial charge < -0.3 is 49.4 Å². The number of carbonyl (C=O) groups excluding carboxylic acids is 6. The lowest BCUT2D eigenvalue weighted by Gasteiger charge is -2.25. The molecule has 13 N–H and O–H groups in total. The maximum atomic E-state index is 14.2. The smallest absolute Gasteiger partial charge is 0.251 e. The number of unbranched alkanes of at least 4 members (excludes halogenated alkanes) is 1. The summed E-state index contributed by atoms with van der Waals surface area (Å²) in [4.78, 5) is 93.9. The predicted molar refractivity (Wildman–Crippen MR) is 244 cm³/mol. The molecule has 2 aromatic carbocycles. The number of ketones is 3. The largest absolute Gasteiger partial charge is 0.370 e. The van der Waals surface area contributed by atoms with E-state index in [1.165, 1.54) is 6.92 Å². The van der Waals surface area contributed by atoms with Crippen LogP contribution in [-0.4, -0.2) is 83.7 Å². The fourth-order valence-corrected chi connectivity index (χ4v) is 8.04. The van der Waals surface area contributed by atoms with Crippen molar-refractivity contribution in [1.29, 1.82) is 0 Å². The Kier molecular flexibility index (Phi) is 21.1. The molecular formula is C44H65N11O6S. The number of fused-ring (bicyclic) bond motifs is 1. The molecule has 0 fully saturated rings. The van der Waals surface area contributed by atoms with Crippen molar-refractivity contribution in [3.8, 4) is 0 Å². The minimum absolute atomic E-state index is 0.0144. The molecule has 0 aliphatic carbocycles. The van der Waals surface area contributed by atoms with Crippen molar-refractivity contribution in [2.75, 3.05) is 19.6 Å². The molecule has 62 heavy (non-hydrogen) atoms. The van der Waals surface area contributed by atoms with Gasteiger partial charge in [0.2, 0.25) is 17.6 Å². The van der Waals surface area contributed by atoms with E-state index >= 15 is 0 Å². The standard InChI is InChI=1S/C44H65N11O6S/c1-26(2)20-32(23-36(57)33(13-8-18-50-43(46)47)53-40(60)30(22-28(4)56)12-5-6-17-45)41(61)54-35(14-9-19-51-44(48)49)38(58)42-55-34-16-15-31(24-37(34)62-42)39(59)52-25-29-11-7-10-27(3)21-29/h7,10-11,15-16,21,24,26,30,32-33,35H,5-6,8-9,12-14,17-20,22-23,25,45H2,1-4H3,(H,52,59)(H,53,60)(H,54,61)(H4,46,47,50)(H4,48,49,51)/t30-,32-,33+,35+/m1/s1. The molecule has 4 atom stereocenters. The van der Waals surface area contributed by atoms with Crippen LogP contribution < -0.4 is 44.6 Å². The van der Waals surface area contributed by atoms with Gasteiger partial charge in [0.25, 0.3) is 5.91 Å². The van der Waals surface area contributed by atoms with Crippen LogP contribution in [0.5, 0.6) is 0 Å². The Bertz CT molecular complexity index is 2060. The van der Waals surface area contributed by atoms with Crippen LogP contribution in [0.2, 0.25) is 0 Å². The Balaban J connectivity index is 1.86. The molecule has 3 aromatic rings. The summed E-state index contributed by atoms with van der Waals surface area (Å²) in [7, 11) is 0. The molecule has 3 rings (SSSR count). The molecule has 18 heteroatoms. The normalized spacial score (nSPS) is 13.1. The number of aromatic nitrogens is 1. The van der Waals surface area contributed by atoms with E-state index < -0.39 is 41.5 Å². The van der Waals surface area contributed by atoms with Crippen LogP contribution in [0.15, 0.2) is 52.4 Å². The first kappa shape index (κ1) is 50.6. The van der Waals surface area contributed by atoms with Gasteiger partial charge in [-0.2, -0.15) is 0 Å². The van der Waals surface area contributed by atoms with Gasteiger partial charge in [-0.3, -0.25) is 34.0 Å². The summed E-state index contributed by atoms with van der Waals surface area (Å²) in [6.07, 6.45) is 2.89. The van der Waals surface area contributed by atoms with Crippen LogP contribution in [0.1, 0.15) is 116 Å². The number of aryl methyl sites for hydroxylation is 1. The lowest BCUT2D eigenvalue weighted by molar-refractivity contribution is -0.134. The number of rotatable bonds is 28. The van der Waals surface area contributed by atoms with Gasteiger partial charge >= 0.3 is 0 Å². The summed E-state index contributed by atoms with van der Waals surface area (Å²) in [5, 5.41) is 8.84. The molecule has 0 aliphatic heterocycles. The number of nitrogens with zero attached hydrogens (tertiary/aromatic N) is 3. The molecule has 0 saturated heterocycles. The van der Waals surface area contributed by atoms with Crippen molar-refractivity contribution in [2.45, 2.75) is 111 Å². The Morgan fingerprint density at radius 3 is 2.03 bits per heavy atom. The summed E-state index contributed by atoms with van der Waals surface area (Å²) in [5.74, 6) is -3.95. The van der Waals surface area contributed by atoms with Gasteiger partial charge in [0.15, 0.2) is 22.7 Å². The molecular weight excluding hydrogens is 811 g/mol. The molecule has 3 amide bonds. The van der Waals surface area contributed by atoms with Crippen LogP contribution in [0.4, 0.5) is 0 Å². The third-order valence-electron chi connectivity index (χ3n) is 10.1. The summed E-state index contributed by atoms with van der Waals surface area (Å²) in [5.41, 5.74) is 30.7. The van der Waals surface area contributed by atoms with E-state index in [0.29, 0.717) is 67.4 Å². The Morgan fingerprint density at radius 1 is 0.774 bits per heavy atom. The SMILES string of the molecule is CC(=O)C[C@@H](CCCCN)C(=O)N[C@@H](CCCN=C(N)N)C(=O)C[C@@H](CC(C)C)C(=O)N[C@@H](CCCN=C(N)N)C(=O)c1nc2ccc(C(=O)NCc3cccc(C)c3)cc2s1. The van der Waals surface area contributed by atoms with Gasteiger partial charge in [0.05, 0.1) is 22.3 Å². The van der Waals surface area contributed by atoms with E-state index in [1.54, 1.807) is 18.2 Å². The van der Waals surface area contributed by atoms with Gasteiger partial charge in [0, 0.05) is 49.9 Å². The first-order valence-corrected chi connectivity index (χ1v) is 22.0. The first-order chi connectivity index (χ1) is 29.5. The second kappa shape index (κ2) is 25.9. The highest BCUT2D eigenvalue weighted by molar-refractivity contribution is 7.20. The second-order valence-electron chi connectivity index (χ2n) is 16.1. The van der Waals surface area contributed by atoms with Gasteiger partial charge in [-0.05, 0) is 95.0 Å². The molecule has 0 unspecified atom stereocenters. The van der Waals surface area contributed by atoms with Crippen LogP contribution in [0.3, 0.4) is 0 Å². The van der Waals surface area contributed by atoms with E-state index in [2.05, 4.69) is 30.9 Å². The zero-order chi connectivity index (χ0) is 45.8. The maximum absolute atomic E-state index is 14.2. The fourth-order valence-electron chi connectivity index (χ4n) is 7.04. The first-order valence-electron chi connectivity index (χ1n) is 21.2. The number of guanidine groups is 2. The van der Waals surface area contributed by atoms with Crippen molar-refractivity contribution in [3.05, 3.63) is 64.2 Å². The monoisotopic (exact) mass is 875 g/mol. The minimum atomic E-state index is -1.05. The van der Waals surface area contributed by atoms with Gasteiger partial charge in [-0.25, -0.2) is 4.98 Å². The lowest BCUT2D eigenvalue weighted by Crippen LogP contribution is -2.47. The number of nitrogens with one attached hydrogen (secondary N) is 3. The molecule has 1 aromatic heterocycles. The molecule has 17 nitrogen and oxygen atoms in total. The van der Waals surface area contributed by atoms with Crippen LogP contribution in [0, 0.1) is 24.7 Å². The van der Waals surface area contributed by atoms with E-state index in [4.69, 9.17) is 28.7 Å². The van der Waals surface area contributed by atoms with E-state index in [9.17, 15) is 28.8 Å². The average molecular weight is 876 g/mol. The number of hydrogen-bond acceptors (Lipinski definition) is 11. The zero-order valence-corrected chi connectivity index (χ0v) is 37.2. The summed E-state index contributed by atoms with van der Waals surface area (Å²) in [6.45, 7) is 8.44. The van der Waals surface area contributed by atoms with Crippen LogP contribution >= 0.6 is 11.3 Å². The minimum Gasteiger partial charge on any atom is -0.370 e. The molecule has 1 heterocycles. The number of nitrogens with two attached hydrogens (primary N) is 5. The summed E-state index contributed by atoms with van der Waals surface area (Å²) < 4.78 is 0.614. The van der Waals surface area contributed by atoms with E-state index in [1.807, 2.05) is 45.0 Å². The predicted octanol–water partition coefficient (Wildman–Crippen LogP) is 3.14. The van der Waals surface area contributed by atoms with Crippen molar-refractivity contribution < 1.29 is 28.8 Å². The quantitative estimate of drug-likeness (QED) is 0.0226. The lowest BCUT2D eigenvalue weighted by atomic mass is 9.88. The summed E-state index contributed by atoms with van der Waals surface area (Å²) >= 11 is 1.11. The fraction of sp³-hybridized carbons (Fsp3) is 0.523. The highest BCUT2D eigenvalue weighted by Gasteiger charge is 2.33. The van der Waals surface area contributed by atoms with Gasteiger partial charge in [-0.15, -0.1) is 11.3 Å². The van der Waals surface area contributed by atoms with Crippen molar-refractivity contribution in [2.24, 2.45) is 56.4 Å². The van der Waals surface area contributed by atoms with Gasteiger partial charge in [0.1, 0.15) is 5.78 Å². The van der Waals surface area contributed by atoms with Crippen molar-refractivity contribution >= 4 is 68.5 Å². The Hall–Kier alpha value is -5.75. The highest BCUT2D eigenvalue weighted by atomic mass is 32.1.